The fourth-order valence-electron chi connectivity index (χ4n) is 3.07. The van der Waals surface area contributed by atoms with Crippen molar-refractivity contribution in [2.45, 2.75) is 51.1 Å². The lowest BCUT2D eigenvalue weighted by Gasteiger charge is -2.28. The molecule has 0 aromatic carbocycles. The molecule has 0 rings (SSSR count). The van der Waals surface area contributed by atoms with E-state index in [0.29, 0.717) is 0 Å². The van der Waals surface area contributed by atoms with Crippen molar-refractivity contribution >= 4 is 17.6 Å². The zero-order valence-electron chi connectivity index (χ0n) is 18.0. The Hall–Kier alpha value is 0.154. The Bertz CT molecular complexity index is 288. The van der Waals surface area contributed by atoms with Gasteiger partial charge in [0, 0.05) is 54.7 Å². The Morgan fingerprint density at radius 1 is 0.538 bits per heavy atom. The minimum absolute atomic E-state index is 0.827. The molecular weight excluding hydrogens is 370 g/mol. The van der Waals surface area contributed by atoms with Crippen molar-refractivity contribution in [3.8, 4) is 0 Å². The molecule has 0 aliphatic rings. The second-order valence-electron chi connectivity index (χ2n) is 6.35. The molecular formula is C17H41NO6Si2. The summed E-state index contributed by atoms with van der Waals surface area (Å²) in [5, 5.41) is 0. The third-order valence-electron chi connectivity index (χ3n) is 4.86. The molecule has 0 radical (unpaired) electrons. The Morgan fingerprint density at radius 2 is 0.885 bits per heavy atom. The summed E-state index contributed by atoms with van der Waals surface area (Å²) in [5.74, 6) is 0. The first-order valence-electron chi connectivity index (χ1n) is 9.54. The van der Waals surface area contributed by atoms with Gasteiger partial charge in [0.15, 0.2) is 0 Å². The summed E-state index contributed by atoms with van der Waals surface area (Å²) < 4.78 is 33.1. The van der Waals surface area contributed by atoms with Crippen LogP contribution >= 0.6 is 0 Å². The SMILES string of the molecule is CCCCCN(CCC[Si](OC)(OC)OC)CCC[Si](OC)(OC)OC. The molecule has 0 N–H and O–H groups in total. The fraction of sp³-hybridized carbons (Fsp3) is 1.00. The highest BCUT2D eigenvalue weighted by Gasteiger charge is 2.38. The summed E-state index contributed by atoms with van der Waals surface area (Å²) in [6, 6.07) is 1.65. The van der Waals surface area contributed by atoms with Gasteiger partial charge in [-0.2, -0.15) is 0 Å². The van der Waals surface area contributed by atoms with Gasteiger partial charge in [-0.1, -0.05) is 19.8 Å². The average Bonchev–Trinajstić information content (AvgIpc) is 2.69. The van der Waals surface area contributed by atoms with Gasteiger partial charge >= 0.3 is 17.6 Å². The van der Waals surface area contributed by atoms with Gasteiger partial charge in [0.2, 0.25) is 0 Å². The lowest BCUT2D eigenvalue weighted by atomic mass is 10.2. The number of hydrogen-bond acceptors (Lipinski definition) is 7. The molecule has 0 bridgehead atoms. The highest BCUT2D eigenvalue weighted by Crippen LogP contribution is 2.18. The molecule has 9 heteroatoms. The van der Waals surface area contributed by atoms with Crippen molar-refractivity contribution in [2.24, 2.45) is 0 Å². The van der Waals surface area contributed by atoms with E-state index in [1.165, 1.54) is 19.3 Å². The number of unbranched alkanes of at least 4 members (excludes halogenated alkanes) is 2. The van der Waals surface area contributed by atoms with Gasteiger partial charge in [-0.15, -0.1) is 0 Å². The average molecular weight is 412 g/mol. The number of hydrogen-bond donors (Lipinski definition) is 0. The molecule has 7 nitrogen and oxygen atoms in total. The smallest absolute Gasteiger partial charge is 0.377 e. The lowest BCUT2D eigenvalue weighted by molar-refractivity contribution is 0.119. The summed E-state index contributed by atoms with van der Waals surface area (Å²) in [4.78, 5) is 2.51. The molecule has 0 aromatic heterocycles. The van der Waals surface area contributed by atoms with E-state index in [0.717, 1.165) is 44.6 Å². The van der Waals surface area contributed by atoms with E-state index in [-0.39, 0.29) is 0 Å². The monoisotopic (exact) mass is 411 g/mol. The molecule has 0 heterocycles. The largest absolute Gasteiger partial charge is 0.500 e. The van der Waals surface area contributed by atoms with E-state index < -0.39 is 17.6 Å². The number of rotatable bonds is 18. The van der Waals surface area contributed by atoms with Crippen molar-refractivity contribution in [3.63, 3.8) is 0 Å². The van der Waals surface area contributed by atoms with Crippen LogP contribution in [-0.2, 0) is 26.6 Å². The van der Waals surface area contributed by atoms with Gasteiger partial charge in [0.1, 0.15) is 0 Å². The van der Waals surface area contributed by atoms with Crippen molar-refractivity contribution in [1.29, 1.82) is 0 Å². The molecule has 0 aliphatic carbocycles. The van der Waals surface area contributed by atoms with Crippen LogP contribution in [0.15, 0.2) is 0 Å². The zero-order valence-corrected chi connectivity index (χ0v) is 20.0. The molecule has 0 saturated heterocycles. The standard InChI is InChI=1S/C17H41NO6Si2/c1-8-9-10-13-18(14-11-16-25(19-2,20-3)21-4)15-12-17-26(22-5,23-6)24-7/h8-17H2,1-7H3. The molecule has 0 saturated carbocycles. The minimum atomic E-state index is -2.48. The predicted octanol–water partition coefficient (Wildman–Crippen LogP) is 3.02. The molecule has 26 heavy (non-hydrogen) atoms. The number of nitrogens with zero attached hydrogens (tertiary/aromatic N) is 1. The fourth-order valence-corrected chi connectivity index (χ4v) is 6.48. The van der Waals surface area contributed by atoms with Crippen LogP contribution in [-0.4, -0.2) is 84.8 Å². The summed E-state index contributed by atoms with van der Waals surface area (Å²) in [6.45, 7) is 5.36. The maximum absolute atomic E-state index is 5.52. The van der Waals surface area contributed by atoms with Gasteiger partial charge in [-0.05, 0) is 38.9 Å². The predicted molar refractivity (Wildman–Crippen MR) is 108 cm³/mol. The summed E-state index contributed by atoms with van der Waals surface area (Å²) in [5.41, 5.74) is 0. The first-order chi connectivity index (χ1) is 12.5. The second-order valence-corrected chi connectivity index (χ2v) is 12.5. The Kier molecular flexibility index (Phi) is 15.2. The van der Waals surface area contributed by atoms with E-state index in [1.54, 1.807) is 42.7 Å². The van der Waals surface area contributed by atoms with Gasteiger partial charge in [0.25, 0.3) is 0 Å². The summed E-state index contributed by atoms with van der Waals surface area (Å²) >= 11 is 0. The highest BCUT2D eigenvalue weighted by molar-refractivity contribution is 6.60. The minimum Gasteiger partial charge on any atom is -0.377 e. The van der Waals surface area contributed by atoms with Gasteiger partial charge in [-0.25, -0.2) is 0 Å². The molecule has 158 valence electrons. The van der Waals surface area contributed by atoms with Crippen LogP contribution in [0, 0.1) is 0 Å². The molecule has 0 aromatic rings. The first-order valence-corrected chi connectivity index (χ1v) is 13.4. The van der Waals surface area contributed by atoms with E-state index in [4.69, 9.17) is 26.6 Å². The van der Waals surface area contributed by atoms with Crippen molar-refractivity contribution in [1.82, 2.24) is 4.90 Å². The summed E-state index contributed by atoms with van der Waals surface area (Å²) in [7, 11) is 5.05. The molecule has 0 spiro atoms. The van der Waals surface area contributed by atoms with Crippen molar-refractivity contribution in [3.05, 3.63) is 0 Å². The van der Waals surface area contributed by atoms with E-state index in [9.17, 15) is 0 Å². The maximum Gasteiger partial charge on any atom is 0.500 e. The Labute approximate surface area is 163 Å². The van der Waals surface area contributed by atoms with Crippen LogP contribution in [0.4, 0.5) is 0 Å². The second kappa shape index (κ2) is 15.1. The third-order valence-corrected chi connectivity index (χ3v) is 10.5. The van der Waals surface area contributed by atoms with Crippen molar-refractivity contribution in [2.75, 3.05) is 62.3 Å². The third kappa shape index (κ3) is 9.38. The molecule has 0 fully saturated rings. The first kappa shape index (κ1) is 26.2. The molecule has 0 amide bonds. The molecule has 0 aliphatic heterocycles. The Morgan fingerprint density at radius 3 is 1.19 bits per heavy atom. The van der Waals surface area contributed by atoms with Gasteiger partial charge in [0.05, 0.1) is 0 Å². The van der Waals surface area contributed by atoms with Crippen LogP contribution in [0.3, 0.4) is 0 Å². The topological polar surface area (TPSA) is 58.6 Å². The van der Waals surface area contributed by atoms with Crippen LogP contribution in [0.5, 0.6) is 0 Å². The van der Waals surface area contributed by atoms with Crippen molar-refractivity contribution < 1.29 is 26.6 Å². The molecule has 0 unspecified atom stereocenters. The normalized spacial score (nSPS) is 12.9. The summed E-state index contributed by atoms with van der Waals surface area (Å²) in [6.07, 6.45) is 5.70. The van der Waals surface area contributed by atoms with E-state index >= 15 is 0 Å². The van der Waals surface area contributed by atoms with E-state index in [1.807, 2.05) is 0 Å². The van der Waals surface area contributed by atoms with Crippen LogP contribution in [0.2, 0.25) is 12.1 Å². The lowest BCUT2D eigenvalue weighted by Crippen LogP contribution is -2.44. The van der Waals surface area contributed by atoms with Gasteiger partial charge < -0.3 is 31.5 Å². The quantitative estimate of drug-likeness (QED) is 0.254. The highest BCUT2D eigenvalue weighted by atomic mass is 28.4. The van der Waals surface area contributed by atoms with E-state index in [2.05, 4.69) is 11.8 Å². The van der Waals surface area contributed by atoms with Crippen LogP contribution in [0.25, 0.3) is 0 Å². The van der Waals surface area contributed by atoms with Gasteiger partial charge in [-0.3, -0.25) is 0 Å². The van der Waals surface area contributed by atoms with Crippen LogP contribution in [0.1, 0.15) is 39.0 Å². The molecule has 0 atom stereocenters. The Balaban J connectivity index is 4.51. The zero-order chi connectivity index (χ0) is 19.9. The maximum atomic E-state index is 5.52. The van der Waals surface area contributed by atoms with Crippen LogP contribution < -0.4 is 0 Å².